The number of para-hydroxylation sites is 1. The average molecular weight is 720 g/mol. The van der Waals surface area contributed by atoms with Crippen molar-refractivity contribution in [3.8, 4) is 22.3 Å². The van der Waals surface area contributed by atoms with Crippen molar-refractivity contribution in [2.24, 2.45) is 0 Å². The van der Waals surface area contributed by atoms with Crippen molar-refractivity contribution in [2.45, 2.75) is 31.6 Å². The van der Waals surface area contributed by atoms with E-state index in [0.29, 0.717) is 0 Å². The number of hydrogen-bond acceptors (Lipinski definition) is 3. The second kappa shape index (κ2) is 11.1. The van der Waals surface area contributed by atoms with Crippen LogP contribution >= 0.6 is 0 Å². The maximum Gasteiger partial charge on any atom is 0.137 e. The molecule has 0 N–H and O–H groups in total. The van der Waals surface area contributed by atoms with Gasteiger partial charge in [0, 0.05) is 55.5 Å². The van der Waals surface area contributed by atoms with Gasteiger partial charge in [0.1, 0.15) is 22.3 Å². The first-order chi connectivity index (χ1) is 27.4. The van der Waals surface area contributed by atoms with E-state index in [-0.39, 0.29) is 10.8 Å². The Morgan fingerprint density at radius 1 is 0.357 bits per heavy atom. The Morgan fingerprint density at radius 2 is 0.857 bits per heavy atom. The van der Waals surface area contributed by atoms with Crippen LogP contribution in [0.25, 0.3) is 66.1 Å². The first-order valence-electron chi connectivity index (χ1n) is 19.5. The summed E-state index contributed by atoms with van der Waals surface area (Å²) in [6.07, 6.45) is 0. The molecule has 0 aliphatic heterocycles. The minimum Gasteiger partial charge on any atom is -0.456 e. The summed E-state index contributed by atoms with van der Waals surface area (Å²) in [6, 6.07) is 61.8. The molecule has 0 amide bonds. The topological polar surface area (TPSA) is 29.5 Å². The van der Waals surface area contributed by atoms with Gasteiger partial charge in [-0.05, 0) is 118 Å². The summed E-state index contributed by atoms with van der Waals surface area (Å²) >= 11 is 0. The molecular weight excluding hydrogens is 683 g/mol. The Hall–Kier alpha value is -6.84. The van der Waals surface area contributed by atoms with Crippen LogP contribution in [-0.2, 0) is 10.8 Å². The fraction of sp³-hybridized carbons (Fsp3) is 0.0943. The number of fused-ring (bicyclic) bond motifs is 12. The van der Waals surface area contributed by atoms with Crippen LogP contribution in [0.1, 0.15) is 48.6 Å². The van der Waals surface area contributed by atoms with E-state index in [4.69, 9.17) is 8.83 Å². The maximum atomic E-state index is 6.57. The molecule has 2 heterocycles. The summed E-state index contributed by atoms with van der Waals surface area (Å²) < 4.78 is 13.0. The second-order valence-electron chi connectivity index (χ2n) is 16.2. The lowest BCUT2D eigenvalue weighted by molar-refractivity contribution is 0.660. The van der Waals surface area contributed by atoms with E-state index in [2.05, 4.69) is 183 Å². The fourth-order valence-corrected chi connectivity index (χ4v) is 10.1. The van der Waals surface area contributed by atoms with Crippen LogP contribution in [0.2, 0.25) is 0 Å². The molecular formula is C53H37NO2. The smallest absolute Gasteiger partial charge is 0.137 e. The largest absolute Gasteiger partial charge is 0.456 e. The number of rotatable bonds is 4. The number of benzene rings is 8. The molecule has 56 heavy (non-hydrogen) atoms. The number of hydrogen-bond donors (Lipinski definition) is 0. The highest BCUT2D eigenvalue weighted by Crippen LogP contribution is 2.54. The van der Waals surface area contributed by atoms with Gasteiger partial charge in [-0.1, -0.05) is 117 Å². The van der Waals surface area contributed by atoms with E-state index in [1.807, 2.05) is 12.1 Å². The minimum atomic E-state index is -0.300. The van der Waals surface area contributed by atoms with Gasteiger partial charge in [-0.3, -0.25) is 0 Å². The van der Waals surface area contributed by atoms with Gasteiger partial charge in [-0.2, -0.15) is 0 Å². The SMILES string of the molecule is CC1(C)c2ccccc2-c2ccc(N(c3ccc4c(c3)oc3ccccc34)c3ccc4oc5ccc(C6(C)c7ccccc7-c7ccccc76)cc5c4c3)cc21. The highest BCUT2D eigenvalue weighted by atomic mass is 16.3. The van der Waals surface area contributed by atoms with Gasteiger partial charge in [0.25, 0.3) is 0 Å². The van der Waals surface area contributed by atoms with Gasteiger partial charge in [-0.25, -0.2) is 0 Å². The summed E-state index contributed by atoms with van der Waals surface area (Å²) in [4.78, 5) is 2.37. The quantitative estimate of drug-likeness (QED) is 0.181. The van der Waals surface area contributed by atoms with E-state index in [0.717, 1.165) is 60.9 Å². The molecule has 3 nitrogen and oxygen atoms in total. The molecule has 8 aromatic carbocycles. The molecule has 266 valence electrons. The van der Waals surface area contributed by atoms with Gasteiger partial charge in [0.2, 0.25) is 0 Å². The van der Waals surface area contributed by atoms with Gasteiger partial charge < -0.3 is 13.7 Å². The monoisotopic (exact) mass is 719 g/mol. The molecule has 12 rings (SSSR count). The molecule has 0 unspecified atom stereocenters. The van der Waals surface area contributed by atoms with Crippen molar-refractivity contribution in [3.05, 3.63) is 198 Å². The Bertz CT molecular complexity index is 3220. The number of anilines is 3. The Kier molecular flexibility index (Phi) is 6.25. The van der Waals surface area contributed by atoms with Crippen molar-refractivity contribution in [3.63, 3.8) is 0 Å². The van der Waals surface area contributed by atoms with Crippen molar-refractivity contribution in [2.75, 3.05) is 4.90 Å². The van der Waals surface area contributed by atoms with Crippen LogP contribution in [0.4, 0.5) is 17.1 Å². The molecule has 0 saturated carbocycles. The molecule has 0 spiro atoms. The molecule has 2 aliphatic carbocycles. The second-order valence-corrected chi connectivity index (χ2v) is 16.2. The summed E-state index contributed by atoms with van der Waals surface area (Å²) in [5.74, 6) is 0. The minimum absolute atomic E-state index is 0.134. The Balaban J connectivity index is 1.06. The van der Waals surface area contributed by atoms with E-state index < -0.39 is 0 Å². The fourth-order valence-electron chi connectivity index (χ4n) is 10.1. The standard InChI is InChI=1S/C53H37NO2/c1-52(2)44-16-8-4-12-36(44)39-24-21-34(30-47(39)52)54(35-22-25-41-40-15-7-11-19-48(40)56-51(41)31-35)33-23-27-50-43(29-33)42-28-32(20-26-49(42)55-50)53(3)45-17-9-5-13-37(45)38-14-6-10-18-46(38)53/h4-31H,1-3H3. The van der Waals surface area contributed by atoms with Crippen molar-refractivity contribution in [1.82, 2.24) is 0 Å². The zero-order chi connectivity index (χ0) is 37.3. The molecule has 3 heteroatoms. The predicted octanol–water partition coefficient (Wildman–Crippen LogP) is 14.6. The van der Waals surface area contributed by atoms with Gasteiger partial charge >= 0.3 is 0 Å². The predicted molar refractivity (Wildman–Crippen MR) is 231 cm³/mol. The molecule has 2 aliphatic rings. The van der Waals surface area contributed by atoms with Crippen LogP contribution in [0.3, 0.4) is 0 Å². The lowest BCUT2D eigenvalue weighted by Gasteiger charge is -2.28. The molecule has 0 bridgehead atoms. The molecule has 0 atom stereocenters. The third kappa shape index (κ3) is 4.17. The van der Waals surface area contributed by atoms with Gasteiger partial charge in [-0.15, -0.1) is 0 Å². The van der Waals surface area contributed by atoms with Crippen molar-refractivity contribution < 1.29 is 8.83 Å². The maximum absolute atomic E-state index is 6.57. The van der Waals surface area contributed by atoms with Crippen molar-refractivity contribution in [1.29, 1.82) is 0 Å². The Labute approximate surface area is 325 Å². The number of furan rings is 2. The van der Waals surface area contributed by atoms with Gasteiger partial charge in [0.15, 0.2) is 0 Å². The van der Waals surface area contributed by atoms with Crippen LogP contribution < -0.4 is 4.90 Å². The van der Waals surface area contributed by atoms with E-state index >= 15 is 0 Å². The summed E-state index contributed by atoms with van der Waals surface area (Å²) in [5, 5.41) is 4.44. The Morgan fingerprint density at radius 3 is 1.62 bits per heavy atom. The molecule has 10 aromatic rings. The van der Waals surface area contributed by atoms with E-state index in [1.165, 1.54) is 50.1 Å². The highest BCUT2D eigenvalue weighted by molar-refractivity contribution is 6.08. The van der Waals surface area contributed by atoms with E-state index in [1.54, 1.807) is 0 Å². The van der Waals surface area contributed by atoms with Crippen molar-refractivity contribution >= 4 is 60.9 Å². The molecule has 0 fully saturated rings. The normalized spacial score (nSPS) is 14.6. The summed E-state index contributed by atoms with van der Waals surface area (Å²) in [6.45, 7) is 7.06. The van der Waals surface area contributed by atoms with E-state index in [9.17, 15) is 0 Å². The molecule has 0 saturated heterocycles. The summed E-state index contributed by atoms with van der Waals surface area (Å²) in [7, 11) is 0. The molecule has 0 radical (unpaired) electrons. The zero-order valence-corrected chi connectivity index (χ0v) is 31.4. The molecule has 2 aromatic heterocycles. The first kappa shape index (κ1) is 31.5. The lowest BCUT2D eigenvalue weighted by Crippen LogP contribution is -2.22. The zero-order valence-electron chi connectivity index (χ0n) is 31.4. The third-order valence-corrected chi connectivity index (χ3v) is 13.0. The summed E-state index contributed by atoms with van der Waals surface area (Å²) in [5.41, 5.74) is 18.1. The highest BCUT2D eigenvalue weighted by Gasteiger charge is 2.41. The first-order valence-corrected chi connectivity index (χ1v) is 19.5. The van der Waals surface area contributed by atoms with Crippen LogP contribution in [-0.4, -0.2) is 0 Å². The van der Waals surface area contributed by atoms with Gasteiger partial charge in [0.05, 0.1) is 0 Å². The average Bonchev–Trinajstić information content (AvgIpc) is 3.94. The number of nitrogens with zero attached hydrogens (tertiary/aromatic N) is 1. The van der Waals surface area contributed by atoms with Crippen LogP contribution in [0, 0.1) is 0 Å². The van der Waals surface area contributed by atoms with Crippen LogP contribution in [0.15, 0.2) is 179 Å². The third-order valence-electron chi connectivity index (χ3n) is 13.0. The van der Waals surface area contributed by atoms with Crippen LogP contribution in [0.5, 0.6) is 0 Å². The lowest BCUT2D eigenvalue weighted by atomic mass is 9.74.